The van der Waals surface area contributed by atoms with Crippen molar-refractivity contribution in [3.63, 3.8) is 0 Å². The van der Waals surface area contributed by atoms with Gasteiger partial charge in [-0.1, -0.05) is 17.7 Å². The van der Waals surface area contributed by atoms with Crippen LogP contribution >= 0.6 is 0 Å². The maximum atomic E-state index is 11.8. The SMILES string of the molecule is CC(=O)C=CCC(C)=CCC1=CC(=O)C=C(C)C1=O. The van der Waals surface area contributed by atoms with Gasteiger partial charge in [0.05, 0.1) is 0 Å². The summed E-state index contributed by atoms with van der Waals surface area (Å²) in [5.41, 5.74) is 2.08. The van der Waals surface area contributed by atoms with E-state index in [0.29, 0.717) is 24.0 Å². The molecule has 0 radical (unpaired) electrons. The van der Waals surface area contributed by atoms with E-state index in [9.17, 15) is 14.4 Å². The maximum absolute atomic E-state index is 11.8. The molecule has 0 unspecified atom stereocenters. The molecule has 0 aromatic rings. The minimum atomic E-state index is -0.130. The lowest BCUT2D eigenvalue weighted by Gasteiger charge is -2.08. The number of allylic oxidation sites excluding steroid dienone is 8. The number of rotatable bonds is 5. The molecule has 0 aromatic heterocycles. The Kier molecular flexibility index (Phi) is 5.37. The molecule has 0 aliphatic heterocycles. The van der Waals surface area contributed by atoms with Crippen molar-refractivity contribution in [2.24, 2.45) is 0 Å². The normalized spacial score (nSPS) is 16.7. The highest BCUT2D eigenvalue weighted by atomic mass is 16.1. The molecule has 1 aliphatic carbocycles. The summed E-state index contributed by atoms with van der Waals surface area (Å²) in [7, 11) is 0. The zero-order valence-electron chi connectivity index (χ0n) is 11.5. The van der Waals surface area contributed by atoms with Crippen LogP contribution < -0.4 is 0 Å². The van der Waals surface area contributed by atoms with Gasteiger partial charge in [-0.2, -0.15) is 0 Å². The predicted molar refractivity (Wildman–Crippen MR) is 74.7 cm³/mol. The summed E-state index contributed by atoms with van der Waals surface area (Å²) in [4.78, 5) is 33.9. The van der Waals surface area contributed by atoms with Gasteiger partial charge in [0.1, 0.15) is 0 Å². The fourth-order valence-electron chi connectivity index (χ4n) is 1.74. The number of hydrogen-bond acceptors (Lipinski definition) is 3. The lowest BCUT2D eigenvalue weighted by molar-refractivity contribution is -0.115. The molecule has 0 spiro atoms. The molecule has 1 rings (SSSR count). The molecule has 0 fully saturated rings. The average molecular weight is 258 g/mol. The van der Waals surface area contributed by atoms with Crippen molar-refractivity contribution in [2.45, 2.75) is 33.6 Å². The minimum absolute atomic E-state index is 0.0179. The molecule has 3 heteroatoms. The van der Waals surface area contributed by atoms with Crippen LogP contribution in [0, 0.1) is 0 Å². The van der Waals surface area contributed by atoms with Crippen molar-refractivity contribution >= 4 is 17.3 Å². The highest BCUT2D eigenvalue weighted by molar-refractivity contribution is 6.20. The van der Waals surface area contributed by atoms with Gasteiger partial charge in [0.2, 0.25) is 0 Å². The van der Waals surface area contributed by atoms with Crippen molar-refractivity contribution in [1.29, 1.82) is 0 Å². The van der Waals surface area contributed by atoms with Crippen molar-refractivity contribution in [1.82, 2.24) is 0 Å². The monoisotopic (exact) mass is 258 g/mol. The van der Waals surface area contributed by atoms with E-state index in [1.54, 1.807) is 13.0 Å². The third-order valence-corrected chi connectivity index (χ3v) is 2.79. The predicted octanol–water partition coefficient (Wildman–Crippen LogP) is 2.88. The number of carbonyl (C=O) groups excluding carboxylic acids is 3. The largest absolute Gasteiger partial charge is 0.295 e. The van der Waals surface area contributed by atoms with Gasteiger partial charge in [0.25, 0.3) is 0 Å². The second-order valence-electron chi connectivity index (χ2n) is 4.70. The topological polar surface area (TPSA) is 51.2 Å². The van der Waals surface area contributed by atoms with Gasteiger partial charge in [0.15, 0.2) is 17.3 Å². The smallest absolute Gasteiger partial charge is 0.185 e. The van der Waals surface area contributed by atoms with Crippen LogP contribution in [0.4, 0.5) is 0 Å². The van der Waals surface area contributed by atoms with Gasteiger partial charge in [0, 0.05) is 11.1 Å². The summed E-state index contributed by atoms with van der Waals surface area (Å²) < 4.78 is 0. The molecule has 3 nitrogen and oxygen atoms in total. The van der Waals surface area contributed by atoms with Crippen LogP contribution in [0.1, 0.15) is 33.6 Å². The van der Waals surface area contributed by atoms with Crippen molar-refractivity contribution in [3.05, 3.63) is 47.1 Å². The lowest BCUT2D eigenvalue weighted by atomic mass is 9.94. The number of Topliss-reactive ketones (excluding diaryl/α,β-unsaturated/α-hetero) is 1. The van der Waals surface area contributed by atoms with Crippen LogP contribution in [0.15, 0.2) is 47.1 Å². The molecule has 0 saturated heterocycles. The van der Waals surface area contributed by atoms with E-state index in [1.165, 1.54) is 25.2 Å². The standard InChI is InChI=1S/C16H18O3/c1-11(5-4-6-13(3)17)7-8-14-10-15(18)9-12(2)16(14)19/h4,6-7,9-10H,5,8H2,1-3H3. The Labute approximate surface area is 113 Å². The van der Waals surface area contributed by atoms with Crippen molar-refractivity contribution < 1.29 is 14.4 Å². The van der Waals surface area contributed by atoms with E-state index in [0.717, 1.165) is 5.57 Å². The summed E-state index contributed by atoms with van der Waals surface area (Å²) in [6, 6.07) is 0. The molecule has 100 valence electrons. The van der Waals surface area contributed by atoms with Gasteiger partial charge in [-0.3, -0.25) is 14.4 Å². The van der Waals surface area contributed by atoms with E-state index in [1.807, 2.05) is 13.0 Å². The van der Waals surface area contributed by atoms with Crippen LogP contribution in [0.3, 0.4) is 0 Å². The van der Waals surface area contributed by atoms with Crippen LogP contribution in [0.5, 0.6) is 0 Å². The fourth-order valence-corrected chi connectivity index (χ4v) is 1.74. The molecule has 0 bridgehead atoms. The van der Waals surface area contributed by atoms with E-state index >= 15 is 0 Å². The molecule has 0 atom stereocenters. The third kappa shape index (κ3) is 5.00. The Balaban J connectivity index is 2.63. The summed E-state index contributed by atoms with van der Waals surface area (Å²) in [6.07, 6.45) is 9.11. The Morgan fingerprint density at radius 2 is 1.89 bits per heavy atom. The van der Waals surface area contributed by atoms with E-state index in [4.69, 9.17) is 0 Å². The molecule has 0 aromatic carbocycles. The first-order chi connectivity index (χ1) is 8.90. The molecule has 0 N–H and O–H groups in total. The van der Waals surface area contributed by atoms with E-state index in [-0.39, 0.29) is 17.3 Å². The summed E-state index contributed by atoms with van der Waals surface area (Å²) in [5.74, 6) is -0.179. The lowest BCUT2D eigenvalue weighted by Crippen LogP contribution is -2.12. The minimum Gasteiger partial charge on any atom is -0.295 e. The first-order valence-electron chi connectivity index (χ1n) is 6.20. The van der Waals surface area contributed by atoms with Gasteiger partial charge < -0.3 is 0 Å². The Hall–Kier alpha value is -2.03. The highest BCUT2D eigenvalue weighted by Gasteiger charge is 2.17. The molecular formula is C16H18O3. The Morgan fingerprint density at radius 1 is 1.21 bits per heavy atom. The molecule has 0 heterocycles. The average Bonchev–Trinajstić information content (AvgIpc) is 2.31. The molecule has 0 amide bonds. The molecular weight excluding hydrogens is 240 g/mol. The van der Waals surface area contributed by atoms with Gasteiger partial charge in [-0.15, -0.1) is 0 Å². The first kappa shape index (κ1) is 15.0. The zero-order chi connectivity index (χ0) is 14.4. The number of carbonyl (C=O) groups is 3. The van der Waals surface area contributed by atoms with Crippen LogP contribution in [-0.2, 0) is 14.4 Å². The highest BCUT2D eigenvalue weighted by Crippen LogP contribution is 2.17. The van der Waals surface area contributed by atoms with Gasteiger partial charge >= 0.3 is 0 Å². The van der Waals surface area contributed by atoms with Gasteiger partial charge in [-0.25, -0.2) is 0 Å². The van der Waals surface area contributed by atoms with Crippen LogP contribution in [-0.4, -0.2) is 17.3 Å². The quantitative estimate of drug-likeness (QED) is 0.433. The van der Waals surface area contributed by atoms with E-state index < -0.39 is 0 Å². The maximum Gasteiger partial charge on any atom is 0.185 e. The molecule has 0 saturated carbocycles. The Morgan fingerprint density at radius 3 is 2.53 bits per heavy atom. The van der Waals surface area contributed by atoms with E-state index in [2.05, 4.69) is 0 Å². The second kappa shape index (κ2) is 6.78. The summed E-state index contributed by atoms with van der Waals surface area (Å²) in [6.45, 7) is 5.09. The molecule has 1 aliphatic rings. The zero-order valence-corrected chi connectivity index (χ0v) is 11.5. The third-order valence-electron chi connectivity index (χ3n) is 2.79. The first-order valence-corrected chi connectivity index (χ1v) is 6.20. The van der Waals surface area contributed by atoms with Gasteiger partial charge in [-0.05, 0) is 51.8 Å². The van der Waals surface area contributed by atoms with Crippen LogP contribution in [0.2, 0.25) is 0 Å². The second-order valence-corrected chi connectivity index (χ2v) is 4.70. The number of ketones is 3. The Bertz CT molecular complexity index is 528. The van der Waals surface area contributed by atoms with Crippen LogP contribution in [0.25, 0.3) is 0 Å². The molecule has 19 heavy (non-hydrogen) atoms. The summed E-state index contributed by atoms with van der Waals surface area (Å²) >= 11 is 0. The summed E-state index contributed by atoms with van der Waals surface area (Å²) in [5, 5.41) is 0. The number of hydrogen-bond donors (Lipinski definition) is 0. The van der Waals surface area contributed by atoms with Crippen molar-refractivity contribution in [3.8, 4) is 0 Å². The van der Waals surface area contributed by atoms with Crippen molar-refractivity contribution in [2.75, 3.05) is 0 Å². The fraction of sp³-hybridized carbons (Fsp3) is 0.312.